The predicted octanol–water partition coefficient (Wildman–Crippen LogP) is 5.65. The van der Waals surface area contributed by atoms with Gasteiger partial charge in [0.25, 0.3) is 0 Å². The SMILES string of the molecule is CCCc1c(OCCCCC(=O)c2ccc3cc(OC)c(OC)cc3c2)ccc(C(=O)O)c1O. The average molecular weight is 467 g/mol. The first-order chi connectivity index (χ1) is 16.4. The molecule has 0 unspecified atom stereocenters. The molecule has 0 fully saturated rings. The molecule has 7 nitrogen and oxygen atoms in total. The van der Waals surface area contributed by atoms with E-state index in [2.05, 4.69) is 0 Å². The highest BCUT2D eigenvalue weighted by Crippen LogP contribution is 2.34. The summed E-state index contributed by atoms with van der Waals surface area (Å²) in [6.45, 7) is 2.31. The number of rotatable bonds is 12. The van der Waals surface area contributed by atoms with Gasteiger partial charge in [0.05, 0.1) is 20.8 Å². The Morgan fingerprint density at radius 3 is 2.24 bits per heavy atom. The number of unbranched alkanes of at least 4 members (excludes halogenated alkanes) is 1. The van der Waals surface area contributed by atoms with E-state index in [0.29, 0.717) is 60.7 Å². The molecule has 7 heteroatoms. The number of carboxylic acid groups (broad SMARTS) is 1. The van der Waals surface area contributed by atoms with Gasteiger partial charge in [-0.15, -0.1) is 0 Å². The average Bonchev–Trinajstić information content (AvgIpc) is 2.84. The summed E-state index contributed by atoms with van der Waals surface area (Å²) in [5, 5.41) is 21.4. The number of carbonyl (C=O) groups is 2. The molecule has 0 aliphatic heterocycles. The smallest absolute Gasteiger partial charge is 0.339 e. The molecule has 0 aliphatic carbocycles. The normalized spacial score (nSPS) is 10.8. The maximum atomic E-state index is 12.7. The number of hydrogen-bond donors (Lipinski definition) is 2. The Morgan fingerprint density at radius 1 is 0.882 bits per heavy atom. The summed E-state index contributed by atoms with van der Waals surface area (Å²) in [6, 6.07) is 12.2. The Kier molecular flexibility index (Phi) is 8.35. The molecule has 0 saturated heterocycles. The third-order valence-corrected chi connectivity index (χ3v) is 5.69. The van der Waals surface area contributed by atoms with Crippen molar-refractivity contribution in [1.82, 2.24) is 0 Å². The van der Waals surface area contributed by atoms with Gasteiger partial charge < -0.3 is 24.4 Å². The van der Waals surface area contributed by atoms with E-state index in [0.717, 1.165) is 17.2 Å². The van der Waals surface area contributed by atoms with Crippen molar-refractivity contribution < 1.29 is 34.0 Å². The quantitative estimate of drug-likeness (QED) is 0.263. The fourth-order valence-corrected chi connectivity index (χ4v) is 3.88. The van der Waals surface area contributed by atoms with Gasteiger partial charge in [0.15, 0.2) is 17.3 Å². The van der Waals surface area contributed by atoms with Crippen molar-refractivity contribution in [1.29, 1.82) is 0 Å². The Balaban J connectivity index is 1.58. The van der Waals surface area contributed by atoms with E-state index < -0.39 is 5.97 Å². The zero-order valence-electron chi connectivity index (χ0n) is 19.7. The van der Waals surface area contributed by atoms with Gasteiger partial charge in [-0.1, -0.05) is 25.5 Å². The predicted molar refractivity (Wildman–Crippen MR) is 130 cm³/mol. The number of fused-ring (bicyclic) bond motifs is 1. The van der Waals surface area contributed by atoms with E-state index in [4.69, 9.17) is 14.2 Å². The Labute approximate surface area is 198 Å². The molecule has 0 aliphatic rings. The van der Waals surface area contributed by atoms with Crippen LogP contribution in [0.1, 0.15) is 58.9 Å². The zero-order chi connectivity index (χ0) is 24.7. The van der Waals surface area contributed by atoms with Gasteiger partial charge >= 0.3 is 5.97 Å². The second-order valence-corrected chi connectivity index (χ2v) is 7.99. The van der Waals surface area contributed by atoms with Gasteiger partial charge in [-0.05, 0) is 60.4 Å². The van der Waals surface area contributed by atoms with Crippen molar-refractivity contribution in [3.63, 3.8) is 0 Å². The standard InChI is InChI=1S/C27H30O7/c1-4-7-20-23(12-11-21(26(20)29)27(30)31)34-13-6-5-8-22(28)18-10-9-17-15-24(32-2)25(33-3)16-19(17)14-18/h9-12,14-16,29H,4-8,13H2,1-3H3,(H,30,31). The molecule has 3 rings (SSSR count). The monoisotopic (exact) mass is 466 g/mol. The highest BCUT2D eigenvalue weighted by atomic mass is 16.5. The number of Topliss-reactive ketones (excluding diaryl/α,β-unsaturated/α-hetero) is 1. The van der Waals surface area contributed by atoms with Crippen molar-refractivity contribution in [2.24, 2.45) is 0 Å². The van der Waals surface area contributed by atoms with Gasteiger partial charge in [-0.25, -0.2) is 4.79 Å². The number of aromatic carboxylic acids is 1. The Hall–Kier alpha value is -3.74. The fraction of sp³-hybridized carbons (Fsp3) is 0.333. The number of aromatic hydroxyl groups is 1. The van der Waals surface area contributed by atoms with Gasteiger partial charge in [0.2, 0.25) is 0 Å². The maximum Gasteiger partial charge on any atom is 0.339 e. The molecule has 0 heterocycles. The topological polar surface area (TPSA) is 102 Å². The van der Waals surface area contributed by atoms with Crippen LogP contribution in [0.25, 0.3) is 10.8 Å². The van der Waals surface area contributed by atoms with Crippen molar-refractivity contribution in [3.8, 4) is 23.0 Å². The number of carbonyl (C=O) groups excluding carboxylic acids is 1. The maximum absolute atomic E-state index is 12.7. The van der Waals surface area contributed by atoms with Crippen LogP contribution < -0.4 is 14.2 Å². The van der Waals surface area contributed by atoms with E-state index >= 15 is 0 Å². The van der Waals surface area contributed by atoms with E-state index in [-0.39, 0.29) is 17.1 Å². The van der Waals surface area contributed by atoms with Crippen LogP contribution in [-0.4, -0.2) is 42.8 Å². The molecular formula is C27H30O7. The first-order valence-electron chi connectivity index (χ1n) is 11.3. The van der Waals surface area contributed by atoms with Crippen molar-refractivity contribution in [2.75, 3.05) is 20.8 Å². The van der Waals surface area contributed by atoms with Gasteiger partial charge in [0, 0.05) is 17.5 Å². The third-order valence-electron chi connectivity index (χ3n) is 5.69. The molecule has 3 aromatic carbocycles. The minimum atomic E-state index is -1.17. The van der Waals surface area contributed by atoms with Crippen LogP contribution in [0.4, 0.5) is 0 Å². The number of methoxy groups -OCH3 is 2. The zero-order valence-corrected chi connectivity index (χ0v) is 19.7. The summed E-state index contributed by atoms with van der Waals surface area (Å²) in [6.07, 6.45) is 2.93. The van der Waals surface area contributed by atoms with Crippen LogP contribution in [0.2, 0.25) is 0 Å². The lowest BCUT2D eigenvalue weighted by Gasteiger charge is -2.14. The third kappa shape index (κ3) is 5.60. The number of benzene rings is 3. The molecule has 2 N–H and O–H groups in total. The minimum Gasteiger partial charge on any atom is -0.507 e. The fourth-order valence-electron chi connectivity index (χ4n) is 3.88. The van der Waals surface area contributed by atoms with E-state index in [1.54, 1.807) is 20.3 Å². The molecule has 0 spiro atoms. The number of ether oxygens (including phenoxy) is 3. The summed E-state index contributed by atoms with van der Waals surface area (Å²) in [7, 11) is 3.16. The summed E-state index contributed by atoms with van der Waals surface area (Å²) >= 11 is 0. The molecule has 180 valence electrons. The lowest BCUT2D eigenvalue weighted by Crippen LogP contribution is -2.05. The van der Waals surface area contributed by atoms with Crippen LogP contribution >= 0.6 is 0 Å². The first-order valence-corrected chi connectivity index (χ1v) is 11.3. The number of phenols is 1. The first kappa shape index (κ1) is 24.9. The molecule has 0 amide bonds. The van der Waals surface area contributed by atoms with Gasteiger partial charge in [0.1, 0.15) is 17.1 Å². The molecule has 0 atom stereocenters. The molecule has 3 aromatic rings. The van der Waals surface area contributed by atoms with Crippen molar-refractivity contribution >= 4 is 22.5 Å². The molecule has 0 aromatic heterocycles. The summed E-state index contributed by atoms with van der Waals surface area (Å²) < 4.78 is 16.5. The summed E-state index contributed by atoms with van der Waals surface area (Å²) in [5.41, 5.74) is 1.01. The number of carboxylic acids is 1. The lowest BCUT2D eigenvalue weighted by molar-refractivity contribution is 0.0693. The van der Waals surface area contributed by atoms with Crippen LogP contribution in [0, 0.1) is 0 Å². The Morgan fingerprint density at radius 2 is 1.59 bits per heavy atom. The molecule has 0 radical (unpaired) electrons. The van der Waals surface area contributed by atoms with Crippen LogP contribution in [0.15, 0.2) is 42.5 Å². The number of ketones is 1. The van der Waals surface area contributed by atoms with E-state index in [1.807, 2.05) is 37.3 Å². The largest absolute Gasteiger partial charge is 0.507 e. The van der Waals surface area contributed by atoms with Crippen LogP contribution in [0.5, 0.6) is 23.0 Å². The lowest BCUT2D eigenvalue weighted by atomic mass is 10.0. The van der Waals surface area contributed by atoms with E-state index in [1.165, 1.54) is 6.07 Å². The Bertz CT molecular complexity index is 1180. The van der Waals surface area contributed by atoms with Gasteiger partial charge in [-0.3, -0.25) is 4.79 Å². The second-order valence-electron chi connectivity index (χ2n) is 7.99. The van der Waals surface area contributed by atoms with Crippen molar-refractivity contribution in [2.45, 2.75) is 39.0 Å². The van der Waals surface area contributed by atoms with Crippen molar-refractivity contribution in [3.05, 3.63) is 59.2 Å². The highest BCUT2D eigenvalue weighted by molar-refractivity contribution is 6.00. The summed E-state index contributed by atoms with van der Waals surface area (Å²) in [5.74, 6) is 0.365. The van der Waals surface area contributed by atoms with Crippen LogP contribution in [0.3, 0.4) is 0 Å². The summed E-state index contributed by atoms with van der Waals surface area (Å²) in [4.78, 5) is 24.0. The van der Waals surface area contributed by atoms with Crippen LogP contribution in [-0.2, 0) is 6.42 Å². The number of hydrogen-bond acceptors (Lipinski definition) is 6. The highest BCUT2D eigenvalue weighted by Gasteiger charge is 2.17. The molecule has 34 heavy (non-hydrogen) atoms. The molecular weight excluding hydrogens is 436 g/mol. The molecule has 0 bridgehead atoms. The van der Waals surface area contributed by atoms with Gasteiger partial charge in [-0.2, -0.15) is 0 Å². The molecule has 0 saturated carbocycles. The minimum absolute atomic E-state index is 0.0480. The van der Waals surface area contributed by atoms with E-state index in [9.17, 15) is 19.8 Å². The second kappa shape index (κ2) is 11.4.